The van der Waals surface area contributed by atoms with Crippen LogP contribution in [-0.4, -0.2) is 18.1 Å². The van der Waals surface area contributed by atoms with Gasteiger partial charge < -0.3 is 10.2 Å². The standard InChI is InChI=1S/C15H18ClN3S/c1-19(10-13-4-5-15(16)20-13)14-9-17-7-6-11(14)8-18-12-2-3-12/h4-7,9,12,18H,2-3,8,10H2,1H3. The quantitative estimate of drug-likeness (QED) is 0.882. The van der Waals surface area contributed by atoms with Gasteiger partial charge in [0, 0.05) is 30.7 Å². The van der Waals surface area contributed by atoms with Crippen LogP contribution in [0, 0.1) is 0 Å². The summed E-state index contributed by atoms with van der Waals surface area (Å²) in [6.07, 6.45) is 6.43. The van der Waals surface area contributed by atoms with Crippen molar-refractivity contribution in [2.24, 2.45) is 0 Å². The van der Waals surface area contributed by atoms with E-state index in [1.54, 1.807) is 11.3 Å². The Bertz CT molecular complexity index is 580. The minimum absolute atomic E-state index is 0.720. The van der Waals surface area contributed by atoms with Crippen molar-refractivity contribution in [3.05, 3.63) is 45.4 Å². The van der Waals surface area contributed by atoms with E-state index in [2.05, 4.69) is 34.4 Å². The Balaban J connectivity index is 1.70. The molecule has 0 aliphatic heterocycles. The summed E-state index contributed by atoms with van der Waals surface area (Å²) in [6, 6.07) is 6.86. The van der Waals surface area contributed by atoms with Gasteiger partial charge in [-0.15, -0.1) is 11.3 Å². The van der Waals surface area contributed by atoms with Gasteiger partial charge in [0.2, 0.25) is 0 Å². The molecule has 5 heteroatoms. The minimum atomic E-state index is 0.720. The highest BCUT2D eigenvalue weighted by Gasteiger charge is 2.20. The van der Waals surface area contributed by atoms with Gasteiger partial charge >= 0.3 is 0 Å². The van der Waals surface area contributed by atoms with E-state index >= 15 is 0 Å². The first-order valence-electron chi connectivity index (χ1n) is 6.84. The van der Waals surface area contributed by atoms with Crippen molar-refractivity contribution in [3.63, 3.8) is 0 Å². The van der Waals surface area contributed by atoms with Crippen molar-refractivity contribution in [1.29, 1.82) is 0 Å². The zero-order valence-corrected chi connectivity index (χ0v) is 13.0. The number of aromatic nitrogens is 1. The third-order valence-corrected chi connectivity index (χ3v) is 4.70. The number of hydrogen-bond acceptors (Lipinski definition) is 4. The number of hydrogen-bond donors (Lipinski definition) is 1. The molecule has 3 nitrogen and oxygen atoms in total. The second-order valence-electron chi connectivity index (χ2n) is 5.22. The van der Waals surface area contributed by atoms with Gasteiger partial charge in [0.25, 0.3) is 0 Å². The second kappa shape index (κ2) is 6.12. The normalized spacial score (nSPS) is 14.5. The summed E-state index contributed by atoms with van der Waals surface area (Å²) in [4.78, 5) is 7.77. The van der Waals surface area contributed by atoms with Gasteiger partial charge in [-0.25, -0.2) is 0 Å². The number of nitrogens with one attached hydrogen (secondary N) is 1. The van der Waals surface area contributed by atoms with Crippen molar-refractivity contribution in [1.82, 2.24) is 10.3 Å². The molecule has 20 heavy (non-hydrogen) atoms. The number of thiophene rings is 1. The summed E-state index contributed by atoms with van der Waals surface area (Å²) in [5.41, 5.74) is 2.49. The Morgan fingerprint density at radius 3 is 2.95 bits per heavy atom. The molecule has 2 aromatic rings. The maximum absolute atomic E-state index is 5.99. The molecule has 0 spiro atoms. The fourth-order valence-electron chi connectivity index (χ4n) is 2.21. The number of pyridine rings is 1. The van der Waals surface area contributed by atoms with Crippen molar-refractivity contribution < 1.29 is 0 Å². The van der Waals surface area contributed by atoms with Crippen LogP contribution in [-0.2, 0) is 13.1 Å². The van der Waals surface area contributed by atoms with Crippen molar-refractivity contribution >= 4 is 28.6 Å². The molecule has 0 radical (unpaired) electrons. The summed E-state index contributed by atoms with van der Waals surface area (Å²) in [5.74, 6) is 0. The van der Waals surface area contributed by atoms with E-state index in [1.807, 2.05) is 18.5 Å². The maximum Gasteiger partial charge on any atom is 0.0931 e. The third kappa shape index (κ3) is 3.51. The van der Waals surface area contributed by atoms with Crippen LogP contribution in [0.1, 0.15) is 23.3 Å². The van der Waals surface area contributed by atoms with Crippen molar-refractivity contribution in [2.45, 2.75) is 32.0 Å². The smallest absolute Gasteiger partial charge is 0.0931 e. The molecule has 2 aromatic heterocycles. The van der Waals surface area contributed by atoms with Crippen molar-refractivity contribution in [3.8, 4) is 0 Å². The largest absolute Gasteiger partial charge is 0.368 e. The average molecular weight is 308 g/mol. The molecule has 1 aliphatic rings. The monoisotopic (exact) mass is 307 g/mol. The third-order valence-electron chi connectivity index (χ3n) is 3.48. The molecule has 2 heterocycles. The summed E-state index contributed by atoms with van der Waals surface area (Å²) < 4.78 is 0.843. The van der Waals surface area contributed by atoms with Gasteiger partial charge in [-0.05, 0) is 36.6 Å². The molecule has 0 unspecified atom stereocenters. The van der Waals surface area contributed by atoms with Gasteiger partial charge in [0.15, 0.2) is 0 Å². The zero-order chi connectivity index (χ0) is 13.9. The lowest BCUT2D eigenvalue weighted by atomic mass is 10.2. The molecule has 0 aromatic carbocycles. The highest BCUT2D eigenvalue weighted by molar-refractivity contribution is 7.16. The van der Waals surface area contributed by atoms with Gasteiger partial charge in [0.05, 0.1) is 22.8 Å². The van der Waals surface area contributed by atoms with Crippen LogP contribution in [0.4, 0.5) is 5.69 Å². The predicted octanol–water partition coefficient (Wildman–Crippen LogP) is 3.68. The van der Waals surface area contributed by atoms with Gasteiger partial charge in [-0.1, -0.05) is 11.6 Å². The van der Waals surface area contributed by atoms with Crippen LogP contribution in [0.2, 0.25) is 4.34 Å². The van der Waals surface area contributed by atoms with E-state index in [0.29, 0.717) is 0 Å². The molecule has 106 valence electrons. The maximum atomic E-state index is 5.99. The molecular weight excluding hydrogens is 290 g/mol. The minimum Gasteiger partial charge on any atom is -0.368 e. The number of nitrogens with zero attached hydrogens (tertiary/aromatic N) is 2. The highest BCUT2D eigenvalue weighted by atomic mass is 35.5. The van der Waals surface area contributed by atoms with E-state index in [4.69, 9.17) is 11.6 Å². The summed E-state index contributed by atoms with van der Waals surface area (Å²) in [6.45, 7) is 1.78. The zero-order valence-electron chi connectivity index (χ0n) is 11.5. The van der Waals surface area contributed by atoms with E-state index < -0.39 is 0 Å². The van der Waals surface area contributed by atoms with E-state index in [1.165, 1.54) is 29.0 Å². The molecule has 3 rings (SSSR count). The Labute approximate surface area is 128 Å². The first-order valence-corrected chi connectivity index (χ1v) is 8.03. The topological polar surface area (TPSA) is 28.2 Å². The first-order chi connectivity index (χ1) is 9.72. The molecule has 0 saturated heterocycles. The summed E-state index contributed by atoms with van der Waals surface area (Å²) >= 11 is 7.62. The molecule has 1 fully saturated rings. The Morgan fingerprint density at radius 1 is 1.40 bits per heavy atom. The van der Waals surface area contributed by atoms with Crippen molar-refractivity contribution in [2.75, 3.05) is 11.9 Å². The number of anilines is 1. The lowest BCUT2D eigenvalue weighted by Crippen LogP contribution is -2.21. The van der Waals surface area contributed by atoms with E-state index in [9.17, 15) is 0 Å². The van der Waals surface area contributed by atoms with Gasteiger partial charge in [0.1, 0.15) is 0 Å². The van der Waals surface area contributed by atoms with Crippen LogP contribution in [0.5, 0.6) is 0 Å². The Hall–Kier alpha value is -1.10. The van der Waals surface area contributed by atoms with Gasteiger partial charge in [-0.2, -0.15) is 0 Å². The molecule has 1 saturated carbocycles. The van der Waals surface area contributed by atoms with E-state index in [-0.39, 0.29) is 0 Å². The van der Waals surface area contributed by atoms with Crippen LogP contribution < -0.4 is 10.2 Å². The lowest BCUT2D eigenvalue weighted by Gasteiger charge is -2.21. The Kier molecular flexibility index (Phi) is 4.24. The second-order valence-corrected chi connectivity index (χ2v) is 7.02. The average Bonchev–Trinajstić information content (AvgIpc) is 3.19. The Morgan fingerprint density at radius 2 is 2.25 bits per heavy atom. The van der Waals surface area contributed by atoms with Crippen LogP contribution in [0.3, 0.4) is 0 Å². The number of halogens is 1. The summed E-state index contributed by atoms with van der Waals surface area (Å²) in [5, 5.41) is 3.56. The molecule has 0 bridgehead atoms. The first kappa shape index (κ1) is 13.9. The predicted molar refractivity (Wildman–Crippen MR) is 85.5 cm³/mol. The SMILES string of the molecule is CN(Cc1ccc(Cl)s1)c1cnccc1CNC1CC1. The summed E-state index contributed by atoms with van der Waals surface area (Å²) in [7, 11) is 2.10. The highest BCUT2D eigenvalue weighted by Crippen LogP contribution is 2.26. The van der Waals surface area contributed by atoms with Crippen LogP contribution in [0.15, 0.2) is 30.6 Å². The van der Waals surface area contributed by atoms with Gasteiger partial charge in [-0.3, -0.25) is 4.98 Å². The fourth-order valence-corrected chi connectivity index (χ4v) is 3.35. The number of rotatable bonds is 6. The molecular formula is C15H18ClN3S. The van der Waals surface area contributed by atoms with Crippen LogP contribution in [0.25, 0.3) is 0 Å². The van der Waals surface area contributed by atoms with Crippen LogP contribution >= 0.6 is 22.9 Å². The molecule has 1 aliphatic carbocycles. The molecule has 1 N–H and O–H groups in total. The fraction of sp³-hybridized carbons (Fsp3) is 0.400. The molecule has 0 amide bonds. The van der Waals surface area contributed by atoms with E-state index in [0.717, 1.165) is 23.5 Å². The lowest BCUT2D eigenvalue weighted by molar-refractivity contribution is 0.685. The molecule has 0 atom stereocenters.